The van der Waals surface area contributed by atoms with Crippen LogP contribution in [0.3, 0.4) is 0 Å². The van der Waals surface area contributed by atoms with Crippen molar-refractivity contribution in [2.45, 2.75) is 31.6 Å². The lowest BCUT2D eigenvalue weighted by Crippen LogP contribution is -2.13. The van der Waals surface area contributed by atoms with Crippen LogP contribution >= 0.6 is 12.4 Å². The van der Waals surface area contributed by atoms with Gasteiger partial charge in [-0.2, -0.15) is 0 Å². The highest BCUT2D eigenvalue weighted by atomic mass is 35.5. The Hall–Kier alpha value is -1.06. The molecule has 0 heterocycles. The molecular weight excluding hydrogens is 240 g/mol. The summed E-state index contributed by atoms with van der Waals surface area (Å²) in [6, 6.07) is 7.61. The van der Waals surface area contributed by atoms with Gasteiger partial charge in [-0.25, -0.2) is 4.79 Å². The van der Waals surface area contributed by atoms with E-state index in [2.05, 4.69) is 0 Å². The summed E-state index contributed by atoms with van der Waals surface area (Å²) in [6.07, 6.45) is 4.81. The third-order valence-corrected chi connectivity index (χ3v) is 3.07. The van der Waals surface area contributed by atoms with E-state index >= 15 is 0 Å². The van der Waals surface area contributed by atoms with Crippen molar-refractivity contribution in [3.05, 3.63) is 29.8 Å². The fourth-order valence-electron chi connectivity index (χ4n) is 2.30. The van der Waals surface area contributed by atoms with E-state index in [1.54, 1.807) is 6.07 Å². The van der Waals surface area contributed by atoms with Gasteiger partial charge in [0.1, 0.15) is 12.4 Å². The SMILES string of the molecule is Cl.O=C(CO)Oc1ccccc1C1CCCC1. The molecule has 1 N–H and O–H groups in total. The van der Waals surface area contributed by atoms with Crippen LogP contribution in [-0.4, -0.2) is 17.7 Å². The molecule has 0 saturated heterocycles. The number of rotatable bonds is 3. The van der Waals surface area contributed by atoms with Crippen LogP contribution in [0.25, 0.3) is 0 Å². The van der Waals surface area contributed by atoms with Crippen LogP contribution in [0.15, 0.2) is 24.3 Å². The minimum Gasteiger partial charge on any atom is -0.425 e. The minimum atomic E-state index is -0.592. The van der Waals surface area contributed by atoms with Gasteiger partial charge in [-0.1, -0.05) is 31.0 Å². The van der Waals surface area contributed by atoms with Gasteiger partial charge >= 0.3 is 5.97 Å². The molecule has 1 aromatic carbocycles. The Bertz CT molecular complexity index is 373. The Morgan fingerprint density at radius 1 is 1.29 bits per heavy atom. The van der Waals surface area contributed by atoms with E-state index in [0.29, 0.717) is 11.7 Å². The van der Waals surface area contributed by atoms with Crippen molar-refractivity contribution in [2.24, 2.45) is 0 Å². The first-order chi connectivity index (χ1) is 7.81. The lowest BCUT2D eigenvalue weighted by atomic mass is 9.97. The normalized spacial score (nSPS) is 15.4. The van der Waals surface area contributed by atoms with Crippen molar-refractivity contribution in [1.82, 2.24) is 0 Å². The van der Waals surface area contributed by atoms with Crippen LogP contribution in [0, 0.1) is 0 Å². The molecule has 94 valence electrons. The summed E-state index contributed by atoms with van der Waals surface area (Å²) in [5.74, 6) is 0.515. The van der Waals surface area contributed by atoms with E-state index in [4.69, 9.17) is 9.84 Å². The number of halogens is 1. The second-order valence-electron chi connectivity index (χ2n) is 4.15. The number of benzene rings is 1. The Morgan fingerprint density at radius 2 is 1.94 bits per heavy atom. The highest BCUT2D eigenvalue weighted by Gasteiger charge is 2.21. The molecule has 1 aliphatic carbocycles. The smallest absolute Gasteiger partial charge is 0.337 e. The molecule has 17 heavy (non-hydrogen) atoms. The van der Waals surface area contributed by atoms with Crippen molar-refractivity contribution >= 4 is 18.4 Å². The summed E-state index contributed by atoms with van der Waals surface area (Å²) < 4.78 is 5.12. The fourth-order valence-corrected chi connectivity index (χ4v) is 2.30. The average molecular weight is 257 g/mol. The second kappa shape index (κ2) is 6.62. The fraction of sp³-hybridized carbons (Fsp3) is 0.462. The Kier molecular flexibility index (Phi) is 5.45. The molecule has 1 aliphatic rings. The number of esters is 1. The minimum absolute atomic E-state index is 0. The number of aliphatic hydroxyl groups is 1. The highest BCUT2D eigenvalue weighted by Crippen LogP contribution is 2.38. The predicted molar refractivity (Wildman–Crippen MR) is 67.6 cm³/mol. The predicted octanol–water partition coefficient (Wildman–Crippen LogP) is 2.66. The monoisotopic (exact) mass is 256 g/mol. The standard InChI is InChI=1S/C13H16O3.ClH/c14-9-13(15)16-12-8-4-3-7-11(12)10-5-1-2-6-10;/h3-4,7-8,10,14H,1-2,5-6,9H2;1H. The number of hydrogen-bond acceptors (Lipinski definition) is 3. The lowest BCUT2D eigenvalue weighted by Gasteiger charge is -2.14. The zero-order chi connectivity index (χ0) is 11.4. The number of aliphatic hydroxyl groups excluding tert-OH is 1. The summed E-state index contributed by atoms with van der Waals surface area (Å²) in [4.78, 5) is 11.1. The number of carbonyl (C=O) groups is 1. The van der Waals surface area contributed by atoms with Gasteiger partial charge in [0.15, 0.2) is 0 Å². The van der Waals surface area contributed by atoms with E-state index in [1.165, 1.54) is 12.8 Å². The van der Waals surface area contributed by atoms with Crippen molar-refractivity contribution in [1.29, 1.82) is 0 Å². The quantitative estimate of drug-likeness (QED) is 0.668. The molecule has 0 bridgehead atoms. The highest BCUT2D eigenvalue weighted by molar-refractivity contribution is 5.85. The summed E-state index contributed by atoms with van der Waals surface area (Å²) in [5, 5.41) is 8.68. The zero-order valence-electron chi connectivity index (χ0n) is 9.59. The summed E-state index contributed by atoms with van der Waals surface area (Å²) in [6.45, 7) is -0.570. The molecule has 0 aromatic heterocycles. The Balaban J connectivity index is 0.00000144. The lowest BCUT2D eigenvalue weighted by molar-refractivity contribution is -0.137. The summed E-state index contributed by atoms with van der Waals surface area (Å²) in [5.41, 5.74) is 1.10. The molecule has 1 aromatic rings. The molecule has 4 heteroatoms. The molecule has 1 fully saturated rings. The molecule has 0 atom stereocenters. The van der Waals surface area contributed by atoms with E-state index in [0.717, 1.165) is 18.4 Å². The van der Waals surface area contributed by atoms with Gasteiger partial charge in [0.05, 0.1) is 0 Å². The molecule has 0 radical (unpaired) electrons. The van der Waals surface area contributed by atoms with Gasteiger partial charge in [-0.05, 0) is 30.4 Å². The molecule has 0 aliphatic heterocycles. The maximum Gasteiger partial charge on any atom is 0.337 e. The van der Waals surface area contributed by atoms with Crippen LogP contribution in [-0.2, 0) is 4.79 Å². The maximum atomic E-state index is 11.1. The van der Waals surface area contributed by atoms with Crippen LogP contribution in [0.4, 0.5) is 0 Å². The molecule has 0 unspecified atom stereocenters. The first kappa shape index (κ1) is 14.0. The third-order valence-electron chi connectivity index (χ3n) is 3.07. The molecule has 1 saturated carbocycles. The Labute approximate surface area is 107 Å². The van der Waals surface area contributed by atoms with Crippen LogP contribution in [0.1, 0.15) is 37.2 Å². The third kappa shape index (κ3) is 3.45. The van der Waals surface area contributed by atoms with Crippen molar-refractivity contribution in [2.75, 3.05) is 6.61 Å². The van der Waals surface area contributed by atoms with Gasteiger partial charge in [-0.3, -0.25) is 0 Å². The van der Waals surface area contributed by atoms with Crippen molar-refractivity contribution in [3.8, 4) is 5.75 Å². The van der Waals surface area contributed by atoms with Gasteiger partial charge in [0, 0.05) is 0 Å². The molecule has 2 rings (SSSR count). The van der Waals surface area contributed by atoms with Crippen molar-refractivity contribution < 1.29 is 14.6 Å². The first-order valence-corrected chi connectivity index (χ1v) is 5.71. The van der Waals surface area contributed by atoms with Crippen LogP contribution in [0.2, 0.25) is 0 Å². The van der Waals surface area contributed by atoms with Crippen molar-refractivity contribution in [3.63, 3.8) is 0 Å². The number of hydrogen-bond donors (Lipinski definition) is 1. The van der Waals surface area contributed by atoms with Crippen LogP contribution < -0.4 is 4.74 Å². The molecule has 0 amide bonds. The Morgan fingerprint density at radius 3 is 2.59 bits per heavy atom. The number of ether oxygens (including phenoxy) is 1. The van der Waals surface area contributed by atoms with E-state index < -0.39 is 12.6 Å². The van der Waals surface area contributed by atoms with Gasteiger partial charge in [0.25, 0.3) is 0 Å². The molecule has 3 nitrogen and oxygen atoms in total. The molecule has 0 spiro atoms. The molecular formula is C13H17ClO3. The van der Waals surface area contributed by atoms with Gasteiger partial charge < -0.3 is 9.84 Å². The summed E-state index contributed by atoms with van der Waals surface area (Å²) in [7, 11) is 0. The summed E-state index contributed by atoms with van der Waals surface area (Å²) >= 11 is 0. The van der Waals surface area contributed by atoms with E-state index in [9.17, 15) is 4.79 Å². The average Bonchev–Trinajstić information content (AvgIpc) is 2.83. The zero-order valence-corrected chi connectivity index (χ0v) is 10.4. The number of para-hydroxylation sites is 1. The van der Waals surface area contributed by atoms with E-state index in [-0.39, 0.29) is 12.4 Å². The van der Waals surface area contributed by atoms with Crippen LogP contribution in [0.5, 0.6) is 5.75 Å². The van der Waals surface area contributed by atoms with E-state index in [1.807, 2.05) is 18.2 Å². The number of carbonyl (C=O) groups excluding carboxylic acids is 1. The largest absolute Gasteiger partial charge is 0.425 e. The first-order valence-electron chi connectivity index (χ1n) is 5.71. The maximum absolute atomic E-state index is 11.1. The second-order valence-corrected chi connectivity index (χ2v) is 4.15. The van der Waals surface area contributed by atoms with Gasteiger partial charge in [-0.15, -0.1) is 12.4 Å². The topological polar surface area (TPSA) is 46.5 Å². The van der Waals surface area contributed by atoms with Gasteiger partial charge in [0.2, 0.25) is 0 Å².